The van der Waals surface area contributed by atoms with Crippen molar-refractivity contribution >= 4 is 26.8 Å². The molecular formula is C14H11BrN2. The maximum atomic E-state index is 4.40. The second-order valence-electron chi connectivity index (χ2n) is 4.13. The number of hydrogen-bond donors (Lipinski definition) is 1. The highest BCUT2D eigenvalue weighted by Gasteiger charge is 2.08. The minimum absolute atomic E-state index is 1.00. The molecular weight excluding hydrogens is 276 g/mol. The summed E-state index contributed by atoms with van der Waals surface area (Å²) in [5.41, 5.74) is 4.46. The van der Waals surface area contributed by atoms with Crippen LogP contribution in [0.3, 0.4) is 0 Å². The molecule has 3 heteroatoms. The van der Waals surface area contributed by atoms with Crippen LogP contribution in [0.2, 0.25) is 0 Å². The number of hydrogen-bond acceptors (Lipinski definition) is 1. The Labute approximate surface area is 108 Å². The minimum atomic E-state index is 1.00. The molecule has 0 aliphatic heterocycles. The largest absolute Gasteiger partial charge is 0.277 e. The van der Waals surface area contributed by atoms with Crippen LogP contribution >= 0.6 is 15.9 Å². The van der Waals surface area contributed by atoms with Crippen molar-refractivity contribution in [1.29, 1.82) is 0 Å². The van der Waals surface area contributed by atoms with E-state index in [0.29, 0.717) is 0 Å². The summed E-state index contributed by atoms with van der Waals surface area (Å²) < 4.78 is 1.07. The van der Waals surface area contributed by atoms with Crippen molar-refractivity contribution in [1.82, 2.24) is 10.2 Å². The van der Waals surface area contributed by atoms with Gasteiger partial charge in [-0.25, -0.2) is 0 Å². The predicted octanol–water partition coefficient (Wildman–Crippen LogP) is 4.30. The zero-order valence-electron chi connectivity index (χ0n) is 9.37. The zero-order valence-corrected chi connectivity index (χ0v) is 11.0. The number of halogens is 1. The summed E-state index contributed by atoms with van der Waals surface area (Å²) in [6, 6.07) is 14.5. The Morgan fingerprint density at radius 3 is 2.82 bits per heavy atom. The summed E-state index contributed by atoms with van der Waals surface area (Å²) >= 11 is 3.50. The first-order valence-corrected chi connectivity index (χ1v) is 6.24. The Bertz CT molecular complexity index is 686. The molecule has 17 heavy (non-hydrogen) atoms. The molecule has 2 aromatic carbocycles. The number of aromatic amines is 1. The number of aromatic nitrogens is 2. The van der Waals surface area contributed by atoms with Gasteiger partial charge in [-0.3, -0.25) is 5.10 Å². The van der Waals surface area contributed by atoms with Gasteiger partial charge in [0.25, 0.3) is 0 Å². The summed E-state index contributed by atoms with van der Waals surface area (Å²) in [6.07, 6.45) is 0. The quantitative estimate of drug-likeness (QED) is 0.710. The molecule has 0 amide bonds. The highest BCUT2D eigenvalue weighted by atomic mass is 79.9. The fraction of sp³-hybridized carbons (Fsp3) is 0.0714. The van der Waals surface area contributed by atoms with Crippen molar-refractivity contribution in [3.05, 3.63) is 52.5 Å². The van der Waals surface area contributed by atoms with Crippen molar-refractivity contribution in [3.63, 3.8) is 0 Å². The lowest BCUT2D eigenvalue weighted by Crippen LogP contribution is -1.80. The van der Waals surface area contributed by atoms with E-state index in [1.807, 2.05) is 12.1 Å². The Morgan fingerprint density at radius 2 is 2.00 bits per heavy atom. The molecule has 1 aromatic heterocycles. The first kappa shape index (κ1) is 10.5. The van der Waals surface area contributed by atoms with Crippen LogP contribution < -0.4 is 0 Å². The van der Waals surface area contributed by atoms with Gasteiger partial charge in [0.15, 0.2) is 0 Å². The number of H-pyrrole nitrogens is 1. The average Bonchev–Trinajstić information content (AvgIpc) is 2.71. The Balaban J connectivity index is 2.27. The van der Waals surface area contributed by atoms with Crippen molar-refractivity contribution in [3.8, 4) is 11.3 Å². The van der Waals surface area contributed by atoms with Gasteiger partial charge in [0.05, 0.1) is 11.2 Å². The minimum Gasteiger partial charge on any atom is -0.277 e. The van der Waals surface area contributed by atoms with Crippen LogP contribution in [0.25, 0.3) is 22.2 Å². The molecule has 0 aliphatic carbocycles. The first-order valence-electron chi connectivity index (χ1n) is 5.45. The standard InChI is InChI=1S/C14H11BrN2/c1-9-3-2-4-10(7-9)14-12-8-11(15)5-6-13(12)16-17-14/h2-8H,1H3,(H,16,17). The maximum absolute atomic E-state index is 4.40. The number of nitrogens with one attached hydrogen (secondary N) is 1. The van der Waals surface area contributed by atoms with Gasteiger partial charge in [-0.2, -0.15) is 5.10 Å². The molecule has 0 atom stereocenters. The second-order valence-corrected chi connectivity index (χ2v) is 5.05. The molecule has 0 radical (unpaired) electrons. The molecule has 0 spiro atoms. The summed E-state index contributed by atoms with van der Waals surface area (Å²) in [4.78, 5) is 0. The molecule has 0 saturated carbocycles. The van der Waals surface area contributed by atoms with Crippen LogP contribution in [-0.4, -0.2) is 10.2 Å². The van der Waals surface area contributed by atoms with Crippen LogP contribution in [0.15, 0.2) is 46.9 Å². The SMILES string of the molecule is Cc1cccc(-c2n[nH]c3ccc(Br)cc23)c1. The van der Waals surface area contributed by atoms with Gasteiger partial charge in [0.2, 0.25) is 0 Å². The molecule has 3 aromatic rings. The fourth-order valence-corrected chi connectivity index (χ4v) is 2.36. The van der Waals surface area contributed by atoms with E-state index >= 15 is 0 Å². The molecule has 0 aliphatic rings. The molecule has 1 N–H and O–H groups in total. The average molecular weight is 287 g/mol. The van der Waals surface area contributed by atoms with E-state index in [2.05, 4.69) is 63.4 Å². The normalized spacial score (nSPS) is 10.9. The van der Waals surface area contributed by atoms with Gasteiger partial charge >= 0.3 is 0 Å². The van der Waals surface area contributed by atoms with Gasteiger partial charge in [-0.1, -0.05) is 39.7 Å². The molecule has 84 valence electrons. The predicted molar refractivity (Wildman–Crippen MR) is 74.0 cm³/mol. The van der Waals surface area contributed by atoms with Crippen LogP contribution in [-0.2, 0) is 0 Å². The van der Waals surface area contributed by atoms with Gasteiger partial charge in [0, 0.05) is 15.4 Å². The van der Waals surface area contributed by atoms with Gasteiger partial charge in [-0.05, 0) is 31.2 Å². The zero-order chi connectivity index (χ0) is 11.8. The highest BCUT2D eigenvalue weighted by Crippen LogP contribution is 2.28. The Hall–Kier alpha value is -1.61. The van der Waals surface area contributed by atoms with E-state index in [1.165, 1.54) is 5.56 Å². The molecule has 0 fully saturated rings. The molecule has 0 unspecified atom stereocenters. The molecule has 1 heterocycles. The van der Waals surface area contributed by atoms with Crippen molar-refractivity contribution in [2.45, 2.75) is 6.92 Å². The number of aryl methyl sites for hydroxylation is 1. The third-order valence-corrected chi connectivity index (χ3v) is 3.31. The lowest BCUT2D eigenvalue weighted by molar-refractivity contribution is 1.12. The molecule has 2 nitrogen and oxygen atoms in total. The summed E-state index contributed by atoms with van der Waals surface area (Å²) in [5.74, 6) is 0. The van der Waals surface area contributed by atoms with Crippen molar-refractivity contribution < 1.29 is 0 Å². The molecule has 0 saturated heterocycles. The number of benzene rings is 2. The number of fused-ring (bicyclic) bond motifs is 1. The summed E-state index contributed by atoms with van der Waals surface area (Å²) in [6.45, 7) is 2.09. The van der Waals surface area contributed by atoms with E-state index in [9.17, 15) is 0 Å². The first-order chi connectivity index (χ1) is 8.24. The monoisotopic (exact) mass is 286 g/mol. The van der Waals surface area contributed by atoms with E-state index in [0.717, 1.165) is 26.6 Å². The Morgan fingerprint density at radius 1 is 1.12 bits per heavy atom. The smallest absolute Gasteiger partial charge is 0.0999 e. The summed E-state index contributed by atoms with van der Waals surface area (Å²) in [5, 5.41) is 8.61. The number of rotatable bonds is 1. The van der Waals surface area contributed by atoms with Crippen molar-refractivity contribution in [2.24, 2.45) is 0 Å². The maximum Gasteiger partial charge on any atom is 0.0999 e. The molecule has 0 bridgehead atoms. The van der Waals surface area contributed by atoms with Crippen LogP contribution in [0.5, 0.6) is 0 Å². The van der Waals surface area contributed by atoms with Crippen molar-refractivity contribution in [2.75, 3.05) is 0 Å². The second kappa shape index (κ2) is 4.00. The van der Waals surface area contributed by atoms with E-state index < -0.39 is 0 Å². The topological polar surface area (TPSA) is 28.7 Å². The van der Waals surface area contributed by atoms with Crippen LogP contribution in [0.1, 0.15) is 5.56 Å². The van der Waals surface area contributed by atoms with Crippen LogP contribution in [0.4, 0.5) is 0 Å². The number of nitrogens with zero attached hydrogens (tertiary/aromatic N) is 1. The van der Waals surface area contributed by atoms with Gasteiger partial charge in [-0.15, -0.1) is 0 Å². The van der Waals surface area contributed by atoms with Crippen LogP contribution in [0, 0.1) is 6.92 Å². The highest BCUT2D eigenvalue weighted by molar-refractivity contribution is 9.10. The van der Waals surface area contributed by atoms with E-state index in [1.54, 1.807) is 0 Å². The van der Waals surface area contributed by atoms with E-state index in [-0.39, 0.29) is 0 Å². The van der Waals surface area contributed by atoms with Gasteiger partial charge in [0.1, 0.15) is 0 Å². The fourth-order valence-electron chi connectivity index (χ4n) is 2.00. The van der Waals surface area contributed by atoms with Gasteiger partial charge < -0.3 is 0 Å². The lowest BCUT2D eigenvalue weighted by atomic mass is 10.1. The Kier molecular flexibility index (Phi) is 2.48. The summed E-state index contributed by atoms with van der Waals surface area (Å²) in [7, 11) is 0. The lowest BCUT2D eigenvalue weighted by Gasteiger charge is -1.99. The molecule has 3 rings (SSSR count). The third kappa shape index (κ3) is 1.87. The van der Waals surface area contributed by atoms with E-state index in [4.69, 9.17) is 0 Å². The third-order valence-electron chi connectivity index (χ3n) is 2.82.